The van der Waals surface area contributed by atoms with Crippen molar-refractivity contribution < 1.29 is 68.1 Å². The molecule has 1 radical (unpaired) electrons. The topological polar surface area (TPSA) is 236 Å². The number of benzene rings is 1. The molecule has 0 heterocycles. The molecule has 16 nitrogen and oxygen atoms in total. The molecule has 5 unspecified atom stereocenters. The Morgan fingerprint density at radius 2 is 0.906 bits per heavy atom. The fraction of sp³-hybridized carbons (Fsp3) is 0.739. The normalized spacial score (nSPS) is 13.4. The monoisotopic (exact) mass is 1200 g/mol. The van der Waals surface area contributed by atoms with Crippen LogP contribution in [0.1, 0.15) is 277 Å². The van der Waals surface area contributed by atoms with Crippen molar-refractivity contribution in [1.29, 1.82) is 0 Å². The summed E-state index contributed by atoms with van der Waals surface area (Å²) >= 11 is 0. The molecule has 0 fully saturated rings. The van der Waals surface area contributed by atoms with Gasteiger partial charge in [0.1, 0.15) is 25.4 Å². The highest BCUT2D eigenvalue weighted by atomic mass is 16.6. The van der Waals surface area contributed by atoms with E-state index >= 15 is 0 Å². The number of aliphatic hydroxyl groups excluding tert-OH is 4. The highest BCUT2D eigenvalue weighted by Gasteiger charge is 2.20. The van der Waals surface area contributed by atoms with Crippen molar-refractivity contribution in [2.75, 3.05) is 30.5 Å². The molecule has 5 atom stereocenters. The molecule has 1 rings (SSSR count). The molecule has 0 bridgehead atoms. The van der Waals surface area contributed by atoms with E-state index in [1.165, 1.54) is 38.5 Å². The van der Waals surface area contributed by atoms with Gasteiger partial charge in [0, 0.05) is 37.1 Å². The van der Waals surface area contributed by atoms with Crippen molar-refractivity contribution in [3.05, 3.63) is 66.8 Å². The van der Waals surface area contributed by atoms with E-state index in [0.29, 0.717) is 55.5 Å². The molecule has 0 spiro atoms. The number of hydrogen-bond donors (Lipinski definition) is 6. The van der Waals surface area contributed by atoms with Gasteiger partial charge in [0.2, 0.25) is 0 Å². The van der Waals surface area contributed by atoms with Crippen molar-refractivity contribution in [3.63, 3.8) is 0 Å². The van der Waals surface area contributed by atoms with Gasteiger partial charge < -0.3 is 44.1 Å². The molecule has 16 heteroatoms. The Morgan fingerprint density at radius 3 is 1.39 bits per heavy atom. The average molecular weight is 1200 g/mol. The predicted octanol–water partition coefficient (Wildman–Crippen LogP) is 16.6. The van der Waals surface area contributed by atoms with Crippen LogP contribution in [0.2, 0.25) is 0 Å². The summed E-state index contributed by atoms with van der Waals surface area (Å²) in [5.41, 5.74) is 1.52. The summed E-state index contributed by atoms with van der Waals surface area (Å²) in [6.45, 7) is 8.19. The molecular weight excluding hydrogens is 1080 g/mol. The van der Waals surface area contributed by atoms with Crippen LogP contribution < -0.4 is 10.6 Å². The maximum Gasteiger partial charge on any atom is 0.412 e. The smallest absolute Gasteiger partial charge is 0.412 e. The fourth-order valence-electron chi connectivity index (χ4n) is 9.50. The number of allylic oxidation sites excluding steroid dienone is 3. The summed E-state index contributed by atoms with van der Waals surface area (Å²) in [4.78, 5) is 63.8. The number of hydrogen-bond acceptors (Lipinski definition) is 14. The van der Waals surface area contributed by atoms with Gasteiger partial charge in [-0.3, -0.25) is 25.0 Å². The van der Waals surface area contributed by atoms with Crippen LogP contribution in [0.3, 0.4) is 0 Å². The summed E-state index contributed by atoms with van der Waals surface area (Å²) in [5.74, 6) is -1.15. The molecule has 6 N–H and O–H groups in total. The molecule has 2 amide bonds. The summed E-state index contributed by atoms with van der Waals surface area (Å²) in [5, 5.41) is 44.0. The number of anilines is 2. The Balaban J connectivity index is 2.54. The van der Waals surface area contributed by atoms with E-state index in [9.17, 15) is 39.3 Å². The summed E-state index contributed by atoms with van der Waals surface area (Å²) in [6.07, 6.45) is 43.6. The molecule has 1 aromatic rings. The Labute approximate surface area is 513 Å². The molecule has 0 aliphatic heterocycles. The lowest BCUT2D eigenvalue weighted by atomic mass is 10.1. The number of rotatable bonds is 56. The van der Waals surface area contributed by atoms with Gasteiger partial charge in [0.25, 0.3) is 0 Å². The number of unbranched alkanes of at least 4 members (excludes halogenated alkanes) is 24. The quantitative estimate of drug-likeness (QED) is 0.0154. The Hall–Kier alpha value is -4.77. The Bertz CT molecular complexity index is 1920. The van der Waals surface area contributed by atoms with Gasteiger partial charge in [-0.1, -0.05) is 192 Å². The van der Waals surface area contributed by atoms with Crippen molar-refractivity contribution in [2.45, 2.75) is 309 Å². The van der Waals surface area contributed by atoms with Crippen LogP contribution in [0.5, 0.6) is 0 Å². The SMILES string of the molecule is CCCCCCC(O)C/C=C\CCCCCCCC(=O)OCC(COC(=O)CCCCCCC/C=C\CC(CCCCCC)OC(=O)Nc1ccc(C)c(NC(=O)O[CH]C(O)CO)c1)OC(=O)CCCCCCC/C=C\CC(O)CCCCCC. The molecule has 0 aromatic heterocycles. The zero-order valence-corrected chi connectivity index (χ0v) is 53.2. The van der Waals surface area contributed by atoms with Crippen LogP contribution in [0.25, 0.3) is 0 Å². The van der Waals surface area contributed by atoms with Crippen LogP contribution in [0.15, 0.2) is 54.7 Å². The number of amides is 2. The number of aliphatic hydroxyl groups is 4. The van der Waals surface area contributed by atoms with E-state index in [2.05, 4.69) is 67.9 Å². The number of nitrogens with one attached hydrogen (secondary N) is 2. The maximum absolute atomic E-state index is 13.0. The van der Waals surface area contributed by atoms with Gasteiger partial charge in [-0.05, 0) is 121 Å². The van der Waals surface area contributed by atoms with E-state index in [1.807, 2.05) is 0 Å². The third-order valence-electron chi connectivity index (χ3n) is 14.8. The lowest BCUT2D eigenvalue weighted by Gasteiger charge is -2.18. The molecular formula is C69H117N2O14. The minimum absolute atomic E-state index is 0.172. The Kier molecular flexibility index (Phi) is 51.4. The molecule has 85 heavy (non-hydrogen) atoms. The van der Waals surface area contributed by atoms with Gasteiger partial charge in [-0.25, -0.2) is 9.59 Å². The van der Waals surface area contributed by atoms with Crippen molar-refractivity contribution in [2.24, 2.45) is 0 Å². The van der Waals surface area contributed by atoms with Crippen molar-refractivity contribution >= 4 is 41.5 Å². The first kappa shape index (κ1) is 78.2. The second kappa shape index (κ2) is 55.8. The second-order valence-electron chi connectivity index (χ2n) is 23.0. The second-order valence-corrected chi connectivity index (χ2v) is 23.0. The van der Waals surface area contributed by atoms with Gasteiger partial charge in [-0.2, -0.15) is 0 Å². The molecule has 1 aromatic carbocycles. The minimum atomic E-state index is -1.30. The van der Waals surface area contributed by atoms with Gasteiger partial charge in [-0.15, -0.1) is 0 Å². The molecule has 0 saturated carbocycles. The van der Waals surface area contributed by atoms with Crippen LogP contribution >= 0.6 is 0 Å². The first-order valence-corrected chi connectivity index (χ1v) is 33.3. The minimum Gasteiger partial charge on any atom is -0.462 e. The average Bonchev–Trinajstić information content (AvgIpc) is 3.63. The van der Waals surface area contributed by atoms with Gasteiger partial charge in [0.05, 0.1) is 18.8 Å². The molecule has 0 aliphatic rings. The maximum atomic E-state index is 13.0. The van der Waals surface area contributed by atoms with Crippen LogP contribution in [0.4, 0.5) is 21.0 Å². The lowest BCUT2D eigenvalue weighted by molar-refractivity contribution is -0.167. The largest absolute Gasteiger partial charge is 0.462 e. The number of esters is 3. The van der Waals surface area contributed by atoms with E-state index in [1.54, 1.807) is 25.1 Å². The highest BCUT2D eigenvalue weighted by molar-refractivity contribution is 5.90. The summed E-state index contributed by atoms with van der Waals surface area (Å²) in [7, 11) is 0. The predicted molar refractivity (Wildman–Crippen MR) is 341 cm³/mol. The highest BCUT2D eigenvalue weighted by Crippen LogP contribution is 2.23. The Morgan fingerprint density at radius 1 is 0.471 bits per heavy atom. The lowest BCUT2D eigenvalue weighted by Crippen LogP contribution is -2.30. The van der Waals surface area contributed by atoms with E-state index in [0.717, 1.165) is 161 Å². The first-order valence-electron chi connectivity index (χ1n) is 33.3. The van der Waals surface area contributed by atoms with Crippen molar-refractivity contribution in [3.8, 4) is 0 Å². The van der Waals surface area contributed by atoms with E-state index < -0.39 is 37.0 Å². The fourth-order valence-corrected chi connectivity index (χ4v) is 9.50. The standard InChI is InChI=1S/C69H117N2O14/c1-5-8-11-32-41-59(73)43-34-26-20-14-17-23-29-38-47-65(76)81-55-63(84-67(78)49-40-31-25-18-15-21-27-35-44-60(74)42-33-12-9-6-2)56-82-66(77)48-39-30-24-19-16-22-28-37-46-62(45-36-13-10-7-3)85-69(80)70-58-51-50-57(4)64(52-58)71-68(79)83-54-61(75)53-72/h26-28,34-35,37,50-52,54,59-63,72-75H,5-25,29-33,36,38-49,53,55-56H2,1-4H3,(H,70,80)(H,71,79)/b34-26-,35-27-,37-28-. The zero-order chi connectivity index (χ0) is 62.2. The van der Waals surface area contributed by atoms with Crippen LogP contribution in [0, 0.1) is 13.5 Å². The van der Waals surface area contributed by atoms with Crippen molar-refractivity contribution in [1.82, 2.24) is 0 Å². The third kappa shape index (κ3) is 49.0. The van der Waals surface area contributed by atoms with Crippen LogP contribution in [-0.4, -0.2) is 101 Å². The van der Waals surface area contributed by atoms with E-state index in [-0.39, 0.29) is 62.7 Å². The number of carbonyl (C=O) groups excluding carboxylic acids is 5. The first-order chi connectivity index (χ1) is 41.3. The third-order valence-corrected chi connectivity index (χ3v) is 14.8. The number of carbonyl (C=O) groups is 5. The zero-order valence-electron chi connectivity index (χ0n) is 53.2. The number of aryl methyl sites for hydroxylation is 1. The van der Waals surface area contributed by atoms with Gasteiger partial charge in [0.15, 0.2) is 12.7 Å². The van der Waals surface area contributed by atoms with Gasteiger partial charge >= 0.3 is 30.1 Å². The molecule has 0 saturated heterocycles. The number of ether oxygens (including phenoxy) is 5. The molecule has 0 aliphatic carbocycles. The summed E-state index contributed by atoms with van der Waals surface area (Å²) in [6, 6.07) is 5.01. The van der Waals surface area contributed by atoms with E-state index in [4.69, 9.17) is 28.8 Å². The molecule has 487 valence electrons. The summed E-state index contributed by atoms with van der Waals surface area (Å²) < 4.78 is 27.5. The van der Waals surface area contributed by atoms with Crippen LogP contribution in [-0.2, 0) is 38.1 Å².